The second-order valence-corrected chi connectivity index (χ2v) is 5.03. The summed E-state index contributed by atoms with van der Waals surface area (Å²) in [7, 11) is 0. The average Bonchev–Trinajstić information content (AvgIpc) is 3.07. The molecule has 2 aromatic rings. The molecule has 104 valence electrons. The Bertz CT molecular complexity index is 645. The number of aromatic hydroxyl groups is 1. The Balaban J connectivity index is 1.77. The normalized spacial score (nSPS) is 16.9. The lowest BCUT2D eigenvalue weighted by atomic mass is 10.1. The molecule has 0 saturated heterocycles. The van der Waals surface area contributed by atoms with Gasteiger partial charge < -0.3 is 14.8 Å². The second-order valence-electron chi connectivity index (χ2n) is 5.03. The van der Waals surface area contributed by atoms with Gasteiger partial charge in [-0.15, -0.1) is 0 Å². The number of fused-ring (bicyclic) bond motifs is 1. The van der Waals surface area contributed by atoms with Crippen LogP contribution in [0.15, 0.2) is 34.7 Å². The average molecular weight is 271 g/mol. The molecule has 0 unspecified atom stereocenters. The predicted molar refractivity (Wildman–Crippen MR) is 74.7 cm³/mol. The Morgan fingerprint density at radius 2 is 2.25 bits per heavy atom. The number of phenolic OH excluding ortho intramolecular Hbond substituents is 1. The van der Waals surface area contributed by atoms with Gasteiger partial charge in [-0.2, -0.15) is 0 Å². The molecule has 1 atom stereocenters. The van der Waals surface area contributed by atoms with Gasteiger partial charge >= 0.3 is 0 Å². The van der Waals surface area contributed by atoms with Gasteiger partial charge in [-0.1, -0.05) is 19.1 Å². The van der Waals surface area contributed by atoms with E-state index in [1.165, 1.54) is 0 Å². The van der Waals surface area contributed by atoms with Gasteiger partial charge in [0, 0.05) is 6.42 Å². The van der Waals surface area contributed by atoms with Gasteiger partial charge in [0.1, 0.15) is 11.5 Å². The maximum atomic E-state index is 12.2. The Hall–Kier alpha value is -2.23. The summed E-state index contributed by atoms with van der Waals surface area (Å²) in [4.78, 5) is 12.2. The van der Waals surface area contributed by atoms with E-state index < -0.39 is 0 Å². The van der Waals surface area contributed by atoms with Gasteiger partial charge in [0.25, 0.3) is 5.91 Å². The number of phenols is 1. The van der Waals surface area contributed by atoms with Crippen LogP contribution in [-0.2, 0) is 12.8 Å². The first-order valence-electron chi connectivity index (χ1n) is 6.89. The van der Waals surface area contributed by atoms with Crippen LogP contribution in [0, 0.1) is 0 Å². The summed E-state index contributed by atoms with van der Waals surface area (Å²) in [6.45, 7) is 1.98. The van der Waals surface area contributed by atoms with Crippen LogP contribution in [0.25, 0.3) is 0 Å². The third-order valence-corrected chi connectivity index (χ3v) is 3.79. The molecule has 0 fully saturated rings. The van der Waals surface area contributed by atoms with Crippen LogP contribution in [0.1, 0.15) is 46.8 Å². The summed E-state index contributed by atoms with van der Waals surface area (Å²) in [5.74, 6) is 1.26. The third-order valence-electron chi connectivity index (χ3n) is 3.79. The highest BCUT2D eigenvalue weighted by atomic mass is 16.3. The molecule has 0 spiro atoms. The number of aryl methyl sites for hydroxylation is 1. The fourth-order valence-corrected chi connectivity index (χ4v) is 2.70. The van der Waals surface area contributed by atoms with Gasteiger partial charge in [-0.05, 0) is 42.2 Å². The molecule has 1 heterocycles. The quantitative estimate of drug-likeness (QED) is 0.902. The number of rotatable bonds is 3. The zero-order chi connectivity index (χ0) is 14.1. The van der Waals surface area contributed by atoms with Crippen molar-refractivity contribution in [3.8, 4) is 5.75 Å². The predicted octanol–water partition coefficient (Wildman–Crippen LogP) is 2.96. The van der Waals surface area contributed by atoms with Gasteiger partial charge in [-0.25, -0.2) is 0 Å². The minimum atomic E-state index is -0.203. The largest absolute Gasteiger partial charge is 0.508 e. The number of hydrogen-bond donors (Lipinski definition) is 2. The molecular weight excluding hydrogens is 254 g/mol. The van der Waals surface area contributed by atoms with Crippen molar-refractivity contribution in [2.24, 2.45) is 0 Å². The molecule has 0 saturated carbocycles. The van der Waals surface area contributed by atoms with E-state index in [9.17, 15) is 9.90 Å². The third kappa shape index (κ3) is 2.18. The number of carbonyl (C=O) groups is 1. The van der Waals surface area contributed by atoms with Crippen LogP contribution >= 0.6 is 0 Å². The SMILES string of the molecule is CCc1ccc(C(=O)N[C@H]2CCc3c(O)cccc32)o1. The molecule has 4 nitrogen and oxygen atoms in total. The van der Waals surface area contributed by atoms with Crippen LogP contribution in [0.4, 0.5) is 0 Å². The lowest BCUT2D eigenvalue weighted by molar-refractivity contribution is 0.0907. The zero-order valence-corrected chi connectivity index (χ0v) is 11.3. The Morgan fingerprint density at radius 1 is 1.40 bits per heavy atom. The molecule has 1 aliphatic carbocycles. The van der Waals surface area contributed by atoms with Crippen molar-refractivity contribution in [2.45, 2.75) is 32.2 Å². The van der Waals surface area contributed by atoms with Crippen LogP contribution in [-0.4, -0.2) is 11.0 Å². The summed E-state index contributed by atoms with van der Waals surface area (Å²) in [5, 5.41) is 12.8. The van der Waals surface area contributed by atoms with Crippen molar-refractivity contribution >= 4 is 5.91 Å². The van der Waals surface area contributed by atoms with Gasteiger partial charge in [0.15, 0.2) is 5.76 Å². The molecule has 1 aromatic carbocycles. The molecule has 0 bridgehead atoms. The summed E-state index contributed by atoms with van der Waals surface area (Å²) in [6.07, 6.45) is 2.36. The first-order valence-corrected chi connectivity index (χ1v) is 6.89. The van der Waals surface area contributed by atoms with E-state index in [0.29, 0.717) is 11.5 Å². The Labute approximate surface area is 117 Å². The van der Waals surface area contributed by atoms with Crippen LogP contribution in [0.5, 0.6) is 5.75 Å². The number of hydrogen-bond acceptors (Lipinski definition) is 3. The molecule has 1 aliphatic rings. The van der Waals surface area contributed by atoms with Crippen molar-refractivity contribution in [3.05, 3.63) is 53.0 Å². The molecule has 0 aliphatic heterocycles. The lowest BCUT2D eigenvalue weighted by Crippen LogP contribution is -2.26. The van der Waals surface area contributed by atoms with E-state index in [1.54, 1.807) is 18.2 Å². The molecule has 20 heavy (non-hydrogen) atoms. The number of furan rings is 1. The molecule has 1 aromatic heterocycles. The van der Waals surface area contributed by atoms with E-state index in [4.69, 9.17) is 4.42 Å². The highest BCUT2D eigenvalue weighted by molar-refractivity contribution is 5.91. The molecule has 3 rings (SSSR count). The minimum Gasteiger partial charge on any atom is -0.508 e. The van der Waals surface area contributed by atoms with Crippen molar-refractivity contribution < 1.29 is 14.3 Å². The highest BCUT2D eigenvalue weighted by Crippen LogP contribution is 2.36. The number of benzene rings is 1. The van der Waals surface area contributed by atoms with Crippen molar-refractivity contribution in [2.75, 3.05) is 0 Å². The topological polar surface area (TPSA) is 62.5 Å². The van der Waals surface area contributed by atoms with E-state index >= 15 is 0 Å². The van der Waals surface area contributed by atoms with Gasteiger partial charge in [0.2, 0.25) is 0 Å². The number of nitrogens with one attached hydrogen (secondary N) is 1. The maximum absolute atomic E-state index is 12.2. The van der Waals surface area contributed by atoms with E-state index in [-0.39, 0.29) is 11.9 Å². The van der Waals surface area contributed by atoms with E-state index in [1.807, 2.05) is 19.1 Å². The van der Waals surface area contributed by atoms with Crippen molar-refractivity contribution in [1.82, 2.24) is 5.32 Å². The molecule has 2 N–H and O–H groups in total. The summed E-state index contributed by atoms with van der Waals surface area (Å²) in [5.41, 5.74) is 1.94. The molecule has 4 heteroatoms. The van der Waals surface area contributed by atoms with E-state index in [0.717, 1.165) is 36.1 Å². The lowest BCUT2D eigenvalue weighted by Gasteiger charge is -2.13. The fraction of sp³-hybridized carbons (Fsp3) is 0.312. The summed E-state index contributed by atoms with van der Waals surface area (Å²) in [6, 6.07) is 8.91. The Kier molecular flexibility index (Phi) is 3.22. The summed E-state index contributed by atoms with van der Waals surface area (Å²) < 4.78 is 5.46. The number of carbonyl (C=O) groups excluding carboxylic acids is 1. The fourth-order valence-electron chi connectivity index (χ4n) is 2.70. The summed E-state index contributed by atoms with van der Waals surface area (Å²) >= 11 is 0. The monoisotopic (exact) mass is 271 g/mol. The first kappa shape index (κ1) is 12.8. The van der Waals surface area contributed by atoms with Crippen molar-refractivity contribution in [3.63, 3.8) is 0 Å². The Morgan fingerprint density at radius 3 is 3.00 bits per heavy atom. The second kappa shape index (κ2) is 5.04. The molecular formula is C16H17NO3. The van der Waals surface area contributed by atoms with Gasteiger partial charge in [0.05, 0.1) is 6.04 Å². The molecule has 0 radical (unpaired) electrons. The first-order chi connectivity index (χ1) is 9.69. The van der Waals surface area contributed by atoms with Crippen molar-refractivity contribution in [1.29, 1.82) is 0 Å². The van der Waals surface area contributed by atoms with Crippen LogP contribution < -0.4 is 5.32 Å². The standard InChI is InChI=1S/C16H17NO3/c1-2-10-6-9-15(20-10)16(19)17-13-8-7-12-11(13)4-3-5-14(12)18/h3-6,9,13,18H,2,7-8H2,1H3,(H,17,19)/t13-/m0/s1. The molecule has 1 amide bonds. The van der Waals surface area contributed by atoms with Crippen LogP contribution in [0.2, 0.25) is 0 Å². The van der Waals surface area contributed by atoms with Crippen LogP contribution in [0.3, 0.4) is 0 Å². The maximum Gasteiger partial charge on any atom is 0.287 e. The zero-order valence-electron chi connectivity index (χ0n) is 11.3. The smallest absolute Gasteiger partial charge is 0.287 e. The highest BCUT2D eigenvalue weighted by Gasteiger charge is 2.26. The van der Waals surface area contributed by atoms with Gasteiger partial charge in [-0.3, -0.25) is 4.79 Å². The number of amides is 1. The minimum absolute atomic E-state index is 0.0558. The van der Waals surface area contributed by atoms with E-state index in [2.05, 4.69) is 5.32 Å².